The third kappa shape index (κ3) is 3.07. The number of hydrogen-bond donors (Lipinski definition) is 0. The molecule has 5 nitrogen and oxygen atoms in total. The molecule has 5 heteroatoms. The molecule has 1 atom stereocenters. The van der Waals surface area contributed by atoms with Gasteiger partial charge in [0.05, 0.1) is 13.2 Å². The highest BCUT2D eigenvalue weighted by Gasteiger charge is 2.47. The smallest absolute Gasteiger partial charge is 0.335 e. The van der Waals surface area contributed by atoms with Gasteiger partial charge < -0.3 is 18.9 Å². The van der Waals surface area contributed by atoms with Crippen molar-refractivity contribution in [1.82, 2.24) is 0 Å². The van der Waals surface area contributed by atoms with Crippen LogP contribution in [0, 0.1) is 11.8 Å². The summed E-state index contributed by atoms with van der Waals surface area (Å²) in [5.74, 6) is 4.20. The molecule has 1 aliphatic heterocycles. The van der Waals surface area contributed by atoms with Crippen LogP contribution in [0.1, 0.15) is 5.56 Å². The topological polar surface area (TPSA) is 54.0 Å². The lowest BCUT2D eigenvalue weighted by Gasteiger charge is -2.30. The molecule has 0 radical (unpaired) electrons. The van der Waals surface area contributed by atoms with Crippen molar-refractivity contribution < 1.29 is 23.7 Å². The van der Waals surface area contributed by atoms with Crippen LogP contribution in [0.5, 0.6) is 0 Å². The monoisotopic (exact) mass is 288 g/mol. The van der Waals surface area contributed by atoms with Crippen LogP contribution in [0.25, 0.3) is 0 Å². The highest BCUT2D eigenvalue weighted by molar-refractivity contribution is 5.85. The molecule has 0 saturated carbocycles. The lowest BCUT2D eigenvalue weighted by molar-refractivity contribution is -0.221. The highest BCUT2D eigenvalue weighted by atomic mass is 16.7. The van der Waals surface area contributed by atoms with Gasteiger partial charge in [0, 0.05) is 19.8 Å². The van der Waals surface area contributed by atoms with Gasteiger partial charge in [-0.2, -0.15) is 0 Å². The number of carbonyl (C=O) groups is 1. The summed E-state index contributed by atoms with van der Waals surface area (Å²) in [6.45, 7) is 0. The first-order valence-electron chi connectivity index (χ1n) is 6.30. The lowest BCUT2D eigenvalue weighted by Crippen LogP contribution is -2.46. The predicted octanol–water partition coefficient (Wildman–Crippen LogP) is 1.48. The zero-order chi connectivity index (χ0) is 15.3. The zero-order valence-corrected chi connectivity index (χ0v) is 12.1. The molecule has 0 aromatic heterocycles. The van der Waals surface area contributed by atoms with E-state index < -0.39 is 17.9 Å². The van der Waals surface area contributed by atoms with E-state index in [-0.39, 0.29) is 0 Å². The van der Waals surface area contributed by atoms with Crippen LogP contribution in [0.15, 0.2) is 42.2 Å². The maximum Gasteiger partial charge on any atom is 0.335 e. The van der Waals surface area contributed by atoms with E-state index in [9.17, 15) is 4.79 Å². The summed E-state index contributed by atoms with van der Waals surface area (Å²) in [5.41, 5.74) is 0.795. The summed E-state index contributed by atoms with van der Waals surface area (Å²) in [6.07, 6.45) is 0.378. The molecule has 1 aliphatic rings. The van der Waals surface area contributed by atoms with Gasteiger partial charge in [-0.25, -0.2) is 4.79 Å². The average molecular weight is 288 g/mol. The van der Waals surface area contributed by atoms with Crippen LogP contribution in [-0.2, 0) is 23.7 Å². The number of benzene rings is 1. The average Bonchev–Trinajstić information content (AvgIpc) is 2.91. The van der Waals surface area contributed by atoms with Crippen molar-refractivity contribution in [2.75, 3.05) is 21.3 Å². The van der Waals surface area contributed by atoms with Crippen LogP contribution >= 0.6 is 0 Å². The summed E-state index contributed by atoms with van der Waals surface area (Å²) >= 11 is 0. The van der Waals surface area contributed by atoms with Crippen molar-refractivity contribution in [2.24, 2.45) is 0 Å². The number of cyclic esters (lactones) is 1. The first kappa shape index (κ1) is 15.1. The van der Waals surface area contributed by atoms with E-state index in [1.54, 1.807) is 0 Å². The van der Waals surface area contributed by atoms with Crippen molar-refractivity contribution in [2.45, 2.75) is 11.9 Å². The molecule has 1 aromatic carbocycles. The van der Waals surface area contributed by atoms with Crippen LogP contribution in [0.2, 0.25) is 0 Å². The van der Waals surface area contributed by atoms with Gasteiger partial charge in [0.2, 0.25) is 6.10 Å². The summed E-state index contributed by atoms with van der Waals surface area (Å²) in [6, 6.07) is 9.37. The van der Waals surface area contributed by atoms with Crippen LogP contribution in [0.3, 0.4) is 0 Å². The van der Waals surface area contributed by atoms with E-state index in [4.69, 9.17) is 18.9 Å². The first-order valence-corrected chi connectivity index (χ1v) is 6.30. The molecule has 0 aliphatic carbocycles. The second-order valence-corrected chi connectivity index (χ2v) is 4.26. The SMILES string of the molecule is COC1=CC(=O)OC1C(C#Cc1ccccc1)(OC)OC. The molecule has 0 amide bonds. The van der Waals surface area contributed by atoms with Gasteiger partial charge >= 0.3 is 5.97 Å². The van der Waals surface area contributed by atoms with Crippen molar-refractivity contribution >= 4 is 5.97 Å². The van der Waals surface area contributed by atoms with Gasteiger partial charge in [-0.05, 0) is 18.1 Å². The molecule has 110 valence electrons. The normalized spacial score (nSPS) is 17.6. The van der Waals surface area contributed by atoms with Gasteiger partial charge in [0.25, 0.3) is 5.79 Å². The van der Waals surface area contributed by atoms with Gasteiger partial charge in [-0.3, -0.25) is 0 Å². The molecular weight excluding hydrogens is 272 g/mol. The number of methoxy groups -OCH3 is 3. The van der Waals surface area contributed by atoms with Crippen molar-refractivity contribution in [3.63, 3.8) is 0 Å². The Hall–Kier alpha value is -2.29. The number of hydrogen-bond acceptors (Lipinski definition) is 5. The Bertz CT molecular complexity index is 590. The molecule has 21 heavy (non-hydrogen) atoms. The lowest BCUT2D eigenvalue weighted by atomic mass is 10.1. The molecule has 1 unspecified atom stereocenters. The fourth-order valence-corrected chi connectivity index (χ4v) is 1.98. The summed E-state index contributed by atoms with van der Waals surface area (Å²) < 4.78 is 21.1. The minimum atomic E-state index is -1.43. The second-order valence-electron chi connectivity index (χ2n) is 4.26. The van der Waals surface area contributed by atoms with Crippen LogP contribution in [-0.4, -0.2) is 39.2 Å². The fraction of sp³-hybridized carbons (Fsp3) is 0.312. The Morgan fingerprint density at radius 3 is 2.38 bits per heavy atom. The second kappa shape index (κ2) is 6.44. The Morgan fingerprint density at radius 1 is 1.14 bits per heavy atom. The van der Waals surface area contributed by atoms with Gasteiger partial charge in [0.1, 0.15) is 0 Å². The summed E-state index contributed by atoms with van der Waals surface area (Å²) in [7, 11) is 4.31. The Labute approximate surface area is 123 Å². The summed E-state index contributed by atoms with van der Waals surface area (Å²) in [5, 5.41) is 0. The Morgan fingerprint density at radius 2 is 1.81 bits per heavy atom. The molecule has 0 spiro atoms. The van der Waals surface area contributed by atoms with E-state index in [1.165, 1.54) is 27.4 Å². The predicted molar refractivity (Wildman–Crippen MR) is 75.0 cm³/mol. The van der Waals surface area contributed by atoms with E-state index in [0.717, 1.165) is 5.56 Å². The number of rotatable bonds is 4. The fourth-order valence-electron chi connectivity index (χ4n) is 1.98. The quantitative estimate of drug-likeness (QED) is 0.477. The molecule has 0 bridgehead atoms. The van der Waals surface area contributed by atoms with Crippen molar-refractivity contribution in [3.8, 4) is 11.8 Å². The molecular formula is C16H16O5. The van der Waals surface area contributed by atoms with Crippen LogP contribution in [0.4, 0.5) is 0 Å². The number of carbonyl (C=O) groups excluding carboxylic acids is 1. The van der Waals surface area contributed by atoms with E-state index >= 15 is 0 Å². The van der Waals surface area contributed by atoms with Crippen molar-refractivity contribution in [3.05, 3.63) is 47.7 Å². The molecule has 0 N–H and O–H groups in total. The molecule has 1 heterocycles. The third-order valence-electron chi connectivity index (χ3n) is 3.09. The van der Waals surface area contributed by atoms with Gasteiger partial charge in [0.15, 0.2) is 5.76 Å². The zero-order valence-electron chi connectivity index (χ0n) is 12.1. The molecule has 0 fully saturated rings. The van der Waals surface area contributed by atoms with E-state index in [0.29, 0.717) is 5.76 Å². The summed E-state index contributed by atoms with van der Waals surface area (Å²) in [4.78, 5) is 11.4. The third-order valence-corrected chi connectivity index (χ3v) is 3.09. The van der Waals surface area contributed by atoms with Crippen LogP contribution < -0.4 is 0 Å². The largest absolute Gasteiger partial charge is 0.497 e. The number of ether oxygens (including phenoxy) is 4. The Kier molecular flexibility index (Phi) is 4.63. The number of esters is 1. The van der Waals surface area contributed by atoms with Crippen molar-refractivity contribution in [1.29, 1.82) is 0 Å². The highest BCUT2D eigenvalue weighted by Crippen LogP contribution is 2.29. The minimum Gasteiger partial charge on any atom is -0.497 e. The Balaban J connectivity index is 2.36. The molecule has 1 aromatic rings. The van der Waals surface area contributed by atoms with E-state index in [1.807, 2.05) is 30.3 Å². The first-order chi connectivity index (χ1) is 10.1. The molecule has 0 saturated heterocycles. The van der Waals surface area contributed by atoms with Gasteiger partial charge in [-0.1, -0.05) is 24.1 Å². The van der Waals surface area contributed by atoms with Gasteiger partial charge in [-0.15, -0.1) is 0 Å². The molecule has 2 rings (SSSR count). The minimum absolute atomic E-state index is 0.311. The van der Waals surface area contributed by atoms with E-state index in [2.05, 4.69) is 11.8 Å². The standard InChI is InChI=1S/C16H16O5/c1-18-13-11-14(17)21-15(13)16(19-2,20-3)10-9-12-7-5-4-6-8-12/h4-8,11,15H,1-3H3. The maximum atomic E-state index is 11.4. The maximum absolute atomic E-state index is 11.4.